The number of carbonyl (C=O) groups is 2. The third-order valence-electron chi connectivity index (χ3n) is 7.39. The highest BCUT2D eigenvalue weighted by Gasteiger charge is 2.11. The van der Waals surface area contributed by atoms with E-state index in [0.717, 1.165) is 35.5 Å². The third-order valence-corrected chi connectivity index (χ3v) is 7.39. The first-order valence-corrected chi connectivity index (χ1v) is 16.9. The molecule has 3 aromatic carbocycles. The highest BCUT2D eigenvalue weighted by molar-refractivity contribution is 5.91. The van der Waals surface area contributed by atoms with E-state index < -0.39 is 11.9 Å². The molecule has 0 aliphatic rings. The summed E-state index contributed by atoms with van der Waals surface area (Å²) in [5.74, 6) is 0.765. The van der Waals surface area contributed by atoms with Gasteiger partial charge in [0.1, 0.15) is 11.5 Å². The molecule has 6 nitrogen and oxygen atoms in total. The van der Waals surface area contributed by atoms with Gasteiger partial charge in [0.05, 0.1) is 13.2 Å². The van der Waals surface area contributed by atoms with Crippen LogP contribution in [0.3, 0.4) is 0 Å². The number of hydrogen-bond donors (Lipinski definition) is 0. The van der Waals surface area contributed by atoms with Crippen LogP contribution in [0.5, 0.6) is 23.0 Å². The monoisotopic (exact) mass is 626 g/mol. The van der Waals surface area contributed by atoms with Crippen molar-refractivity contribution in [2.45, 2.75) is 90.9 Å². The number of hydrogen-bond acceptors (Lipinski definition) is 6. The molecule has 0 aliphatic carbocycles. The van der Waals surface area contributed by atoms with Crippen LogP contribution in [0.4, 0.5) is 0 Å². The molecule has 0 heterocycles. The summed E-state index contributed by atoms with van der Waals surface area (Å²) in [6.45, 7) is 5.85. The molecule has 0 aliphatic heterocycles. The van der Waals surface area contributed by atoms with E-state index in [4.69, 9.17) is 18.9 Å². The highest BCUT2D eigenvalue weighted by atomic mass is 16.6. The van der Waals surface area contributed by atoms with Gasteiger partial charge in [-0.05, 0) is 72.5 Å². The maximum absolute atomic E-state index is 12.5. The molecule has 0 saturated carbocycles. The smallest absolute Gasteiger partial charge is 0.336 e. The largest absolute Gasteiger partial charge is 0.494 e. The third kappa shape index (κ3) is 15.1. The fourth-order valence-corrected chi connectivity index (χ4v) is 4.73. The van der Waals surface area contributed by atoms with Crippen LogP contribution in [0.25, 0.3) is 12.2 Å². The normalized spacial score (nSPS) is 11.2. The summed E-state index contributed by atoms with van der Waals surface area (Å²) in [6, 6.07) is 21.7. The van der Waals surface area contributed by atoms with E-state index in [1.54, 1.807) is 36.4 Å². The van der Waals surface area contributed by atoms with Crippen LogP contribution < -0.4 is 18.9 Å². The molecule has 6 heteroatoms. The zero-order valence-electron chi connectivity index (χ0n) is 27.6. The van der Waals surface area contributed by atoms with Crippen molar-refractivity contribution in [2.24, 2.45) is 0 Å². The second-order valence-electron chi connectivity index (χ2n) is 11.3. The Bertz CT molecular complexity index is 1240. The summed E-state index contributed by atoms with van der Waals surface area (Å²) in [5, 5.41) is 0. The van der Waals surface area contributed by atoms with Crippen molar-refractivity contribution >= 4 is 24.1 Å². The molecule has 3 aromatic rings. The van der Waals surface area contributed by atoms with Crippen LogP contribution in [0.1, 0.15) is 102 Å². The first-order valence-electron chi connectivity index (χ1n) is 16.9. The van der Waals surface area contributed by atoms with Gasteiger partial charge in [0.2, 0.25) is 0 Å². The zero-order chi connectivity index (χ0) is 32.7. The number of unbranched alkanes of at least 4 members (excludes halogenated alkanes) is 10. The van der Waals surface area contributed by atoms with Crippen molar-refractivity contribution in [1.29, 1.82) is 0 Å². The van der Waals surface area contributed by atoms with Crippen molar-refractivity contribution in [1.82, 2.24) is 0 Å². The lowest BCUT2D eigenvalue weighted by Gasteiger charge is -2.08. The summed E-state index contributed by atoms with van der Waals surface area (Å²) < 4.78 is 22.6. The van der Waals surface area contributed by atoms with Gasteiger partial charge in [-0.3, -0.25) is 0 Å². The number of esters is 2. The van der Waals surface area contributed by atoms with Gasteiger partial charge in [0, 0.05) is 12.2 Å². The second kappa shape index (κ2) is 22.2. The number of benzene rings is 3. The van der Waals surface area contributed by atoms with Gasteiger partial charge in [-0.25, -0.2) is 9.59 Å². The highest BCUT2D eigenvalue weighted by Crippen LogP contribution is 2.27. The van der Waals surface area contributed by atoms with E-state index >= 15 is 0 Å². The van der Waals surface area contributed by atoms with Crippen molar-refractivity contribution < 1.29 is 28.5 Å². The van der Waals surface area contributed by atoms with E-state index in [9.17, 15) is 9.59 Å². The lowest BCUT2D eigenvalue weighted by Crippen LogP contribution is -2.08. The van der Waals surface area contributed by atoms with Crippen LogP contribution in [0.15, 0.2) is 84.9 Å². The number of para-hydroxylation sites is 2. The Balaban J connectivity index is 1.41. The Kier molecular flexibility index (Phi) is 17.5. The quantitative estimate of drug-likeness (QED) is 0.0478. The topological polar surface area (TPSA) is 71.1 Å². The Morgan fingerprint density at radius 2 is 0.870 bits per heavy atom. The molecule has 0 N–H and O–H groups in total. The molecule has 0 unspecified atom stereocenters. The van der Waals surface area contributed by atoms with Crippen LogP contribution in [-0.4, -0.2) is 25.2 Å². The molecule has 3 rings (SSSR count). The first kappa shape index (κ1) is 36.2. The molecule has 0 bridgehead atoms. The summed E-state index contributed by atoms with van der Waals surface area (Å²) >= 11 is 0. The van der Waals surface area contributed by atoms with Gasteiger partial charge in [0.25, 0.3) is 0 Å². The van der Waals surface area contributed by atoms with Gasteiger partial charge in [-0.15, -0.1) is 0 Å². The fraction of sp³-hybridized carbons (Fsp3) is 0.400. The molecule has 46 heavy (non-hydrogen) atoms. The summed E-state index contributed by atoms with van der Waals surface area (Å²) in [5.41, 5.74) is 1.68. The van der Waals surface area contributed by atoms with Crippen molar-refractivity contribution in [3.05, 3.63) is 96.1 Å². The number of ether oxygens (including phenoxy) is 4. The van der Waals surface area contributed by atoms with E-state index in [1.807, 2.05) is 48.5 Å². The molecular formula is C40H50O6. The van der Waals surface area contributed by atoms with Gasteiger partial charge in [-0.2, -0.15) is 0 Å². The average molecular weight is 627 g/mol. The van der Waals surface area contributed by atoms with Crippen molar-refractivity contribution in [3.8, 4) is 23.0 Å². The second-order valence-corrected chi connectivity index (χ2v) is 11.3. The Morgan fingerprint density at radius 3 is 1.26 bits per heavy atom. The lowest BCUT2D eigenvalue weighted by atomic mass is 10.1. The zero-order valence-corrected chi connectivity index (χ0v) is 27.6. The molecule has 0 fully saturated rings. The molecule has 0 atom stereocenters. The van der Waals surface area contributed by atoms with E-state index in [-0.39, 0.29) is 11.5 Å². The molecule has 0 amide bonds. The molecule has 0 radical (unpaired) electrons. The van der Waals surface area contributed by atoms with E-state index in [0.29, 0.717) is 13.2 Å². The predicted octanol–water partition coefficient (Wildman–Crippen LogP) is 10.4. The number of carbonyl (C=O) groups excluding carboxylic acids is 2. The Hall–Kier alpha value is -4.32. The maximum atomic E-state index is 12.5. The fourth-order valence-electron chi connectivity index (χ4n) is 4.73. The summed E-state index contributed by atoms with van der Waals surface area (Å²) in [4.78, 5) is 25.1. The van der Waals surface area contributed by atoms with Gasteiger partial charge in [-0.1, -0.05) is 114 Å². The van der Waals surface area contributed by atoms with Crippen LogP contribution in [-0.2, 0) is 9.59 Å². The molecular weight excluding hydrogens is 576 g/mol. The summed E-state index contributed by atoms with van der Waals surface area (Å²) in [6.07, 6.45) is 20.7. The maximum Gasteiger partial charge on any atom is 0.336 e. The minimum absolute atomic E-state index is 0.157. The van der Waals surface area contributed by atoms with Gasteiger partial charge >= 0.3 is 11.9 Å². The SMILES string of the molecule is CCCCCCCCOc1ccc(/C=C/C(=O)Oc2ccccc2OC(=O)/C=C/c2ccc(OCCCCCCCC)cc2)cc1. The standard InChI is InChI=1S/C40H50O6/c1-3-5-7-9-11-15-31-43-35-25-19-33(20-26-35)23-29-39(41)45-37-17-13-14-18-38(37)46-40(42)30-24-34-21-27-36(28-22-34)44-32-16-12-10-8-6-4-2/h13-14,17-30H,3-12,15-16,31-32H2,1-2H3/b29-23+,30-24+. The number of rotatable bonds is 22. The first-order chi connectivity index (χ1) is 22.6. The lowest BCUT2D eigenvalue weighted by molar-refractivity contribution is -0.131. The predicted molar refractivity (Wildman–Crippen MR) is 186 cm³/mol. The van der Waals surface area contributed by atoms with Gasteiger partial charge in [0.15, 0.2) is 11.5 Å². The Morgan fingerprint density at radius 1 is 0.500 bits per heavy atom. The Labute approximate surface area is 275 Å². The summed E-state index contributed by atoms with van der Waals surface area (Å²) in [7, 11) is 0. The van der Waals surface area contributed by atoms with E-state index in [2.05, 4.69) is 13.8 Å². The minimum Gasteiger partial charge on any atom is -0.494 e. The van der Waals surface area contributed by atoms with Gasteiger partial charge < -0.3 is 18.9 Å². The molecule has 0 saturated heterocycles. The van der Waals surface area contributed by atoms with Crippen LogP contribution >= 0.6 is 0 Å². The molecule has 0 aromatic heterocycles. The minimum atomic E-state index is -0.582. The van der Waals surface area contributed by atoms with Crippen molar-refractivity contribution in [2.75, 3.05) is 13.2 Å². The van der Waals surface area contributed by atoms with E-state index in [1.165, 1.54) is 76.4 Å². The van der Waals surface area contributed by atoms with Crippen LogP contribution in [0, 0.1) is 0 Å². The molecule has 0 spiro atoms. The average Bonchev–Trinajstić information content (AvgIpc) is 3.07. The molecule has 246 valence electrons. The van der Waals surface area contributed by atoms with Crippen molar-refractivity contribution in [3.63, 3.8) is 0 Å². The van der Waals surface area contributed by atoms with Crippen LogP contribution in [0.2, 0.25) is 0 Å².